The van der Waals surface area contributed by atoms with Crippen LogP contribution in [-0.2, 0) is 16.0 Å². The van der Waals surface area contributed by atoms with Crippen molar-refractivity contribution in [1.29, 1.82) is 0 Å². The number of hydrazone groups is 1. The lowest BCUT2D eigenvalue weighted by Gasteiger charge is -2.06. The number of unbranched alkanes of at least 4 members (excludes halogenated alkanes) is 1. The molecule has 1 aromatic carbocycles. The number of rotatable bonds is 10. The first-order valence-electron chi connectivity index (χ1n) is 8.43. The minimum Gasteiger partial charge on any atom is -0.491 e. The molecule has 0 amide bonds. The van der Waals surface area contributed by atoms with Crippen LogP contribution in [0.4, 0.5) is 9.52 Å². The van der Waals surface area contributed by atoms with Crippen LogP contribution in [0, 0.1) is 5.82 Å². The van der Waals surface area contributed by atoms with Crippen LogP contribution in [0.2, 0.25) is 0 Å². The number of anilines is 1. The molecule has 1 heterocycles. The number of carbonyl (C=O) groups excluding carboxylic acids is 1. The van der Waals surface area contributed by atoms with Crippen molar-refractivity contribution in [2.24, 2.45) is 5.10 Å². The number of nitrogens with zero attached hydrogens (tertiary/aromatic N) is 2. The molecule has 1 aromatic heterocycles. The van der Waals surface area contributed by atoms with Crippen LogP contribution >= 0.6 is 11.3 Å². The summed E-state index contributed by atoms with van der Waals surface area (Å²) in [4.78, 5) is 15.6. The summed E-state index contributed by atoms with van der Waals surface area (Å²) in [5, 5.41) is 6.34. The van der Waals surface area contributed by atoms with Gasteiger partial charge in [-0.3, -0.25) is 10.2 Å². The van der Waals surface area contributed by atoms with E-state index in [1.807, 2.05) is 0 Å². The quantitative estimate of drug-likeness (QED) is 0.292. The maximum atomic E-state index is 14.0. The number of ether oxygens (including phenoxy) is 2. The summed E-state index contributed by atoms with van der Waals surface area (Å²) in [5.41, 5.74) is 3.98. The molecule has 0 fully saturated rings. The molecule has 26 heavy (non-hydrogen) atoms. The second-order valence-electron chi connectivity index (χ2n) is 5.39. The number of hydrogen-bond acceptors (Lipinski definition) is 7. The van der Waals surface area contributed by atoms with Crippen LogP contribution in [0.25, 0.3) is 0 Å². The lowest BCUT2D eigenvalue weighted by Crippen LogP contribution is -2.07. The molecule has 0 spiro atoms. The average molecular weight is 379 g/mol. The van der Waals surface area contributed by atoms with E-state index in [-0.39, 0.29) is 18.1 Å². The smallest absolute Gasteiger partial charge is 0.311 e. The van der Waals surface area contributed by atoms with E-state index in [2.05, 4.69) is 22.4 Å². The molecule has 2 aromatic rings. The van der Waals surface area contributed by atoms with Gasteiger partial charge in [0.15, 0.2) is 11.6 Å². The topological polar surface area (TPSA) is 72.8 Å². The van der Waals surface area contributed by atoms with Gasteiger partial charge in [0.05, 0.1) is 31.5 Å². The van der Waals surface area contributed by atoms with Gasteiger partial charge < -0.3 is 9.47 Å². The van der Waals surface area contributed by atoms with E-state index in [9.17, 15) is 9.18 Å². The zero-order valence-corrected chi connectivity index (χ0v) is 15.6. The van der Waals surface area contributed by atoms with Crippen LogP contribution in [0.5, 0.6) is 5.75 Å². The van der Waals surface area contributed by atoms with E-state index in [4.69, 9.17) is 9.47 Å². The lowest BCUT2D eigenvalue weighted by atomic mass is 10.2. The van der Waals surface area contributed by atoms with E-state index in [0.717, 1.165) is 12.8 Å². The van der Waals surface area contributed by atoms with Crippen molar-refractivity contribution < 1.29 is 18.7 Å². The second kappa shape index (κ2) is 10.5. The monoisotopic (exact) mass is 379 g/mol. The van der Waals surface area contributed by atoms with Crippen molar-refractivity contribution in [1.82, 2.24) is 4.98 Å². The number of esters is 1. The van der Waals surface area contributed by atoms with Crippen molar-refractivity contribution in [2.45, 2.75) is 33.1 Å². The fourth-order valence-corrected chi connectivity index (χ4v) is 2.66. The van der Waals surface area contributed by atoms with Crippen molar-refractivity contribution in [2.75, 3.05) is 18.6 Å². The Kier molecular flexibility index (Phi) is 8.01. The summed E-state index contributed by atoms with van der Waals surface area (Å²) in [7, 11) is 0. The molecule has 0 unspecified atom stereocenters. The van der Waals surface area contributed by atoms with Gasteiger partial charge in [-0.05, 0) is 37.1 Å². The van der Waals surface area contributed by atoms with Crippen molar-refractivity contribution in [3.8, 4) is 5.75 Å². The molecule has 0 saturated heterocycles. The predicted molar refractivity (Wildman–Crippen MR) is 100 cm³/mol. The van der Waals surface area contributed by atoms with Crippen molar-refractivity contribution in [3.05, 3.63) is 40.7 Å². The van der Waals surface area contributed by atoms with Crippen LogP contribution in [-0.4, -0.2) is 30.4 Å². The molecule has 8 heteroatoms. The third-order valence-corrected chi connectivity index (χ3v) is 4.06. The van der Waals surface area contributed by atoms with Gasteiger partial charge in [-0.25, -0.2) is 9.37 Å². The van der Waals surface area contributed by atoms with Gasteiger partial charge in [0.1, 0.15) is 0 Å². The molecule has 0 atom stereocenters. The zero-order valence-electron chi connectivity index (χ0n) is 14.8. The van der Waals surface area contributed by atoms with E-state index in [1.165, 1.54) is 23.6 Å². The highest BCUT2D eigenvalue weighted by atomic mass is 32.1. The molecule has 1 N–H and O–H groups in total. The molecule has 0 radical (unpaired) electrons. The molecule has 0 aliphatic carbocycles. The van der Waals surface area contributed by atoms with Gasteiger partial charge >= 0.3 is 5.97 Å². The Morgan fingerprint density at radius 1 is 1.42 bits per heavy atom. The van der Waals surface area contributed by atoms with Gasteiger partial charge in [0.25, 0.3) is 0 Å². The lowest BCUT2D eigenvalue weighted by molar-refractivity contribution is -0.142. The number of hydrogen-bond donors (Lipinski definition) is 1. The van der Waals surface area contributed by atoms with E-state index >= 15 is 0 Å². The Morgan fingerprint density at radius 3 is 3.00 bits per heavy atom. The molecular formula is C18H22FN3O3S. The highest BCUT2D eigenvalue weighted by molar-refractivity contribution is 7.13. The summed E-state index contributed by atoms with van der Waals surface area (Å²) in [6.45, 7) is 4.65. The maximum absolute atomic E-state index is 14.0. The first kappa shape index (κ1) is 19.8. The van der Waals surface area contributed by atoms with E-state index in [0.29, 0.717) is 29.6 Å². The Labute approximate surface area is 156 Å². The largest absolute Gasteiger partial charge is 0.491 e. The molecule has 0 aliphatic heterocycles. The molecule has 0 saturated carbocycles. The second-order valence-corrected chi connectivity index (χ2v) is 6.25. The Balaban J connectivity index is 1.87. The number of halogens is 1. The SMILES string of the molecule is CCCCOc1ccc(C=NNc2nc(CC(=O)OCC)cs2)cc1F. The van der Waals surface area contributed by atoms with Crippen LogP contribution < -0.4 is 10.2 Å². The molecule has 0 bridgehead atoms. The highest BCUT2D eigenvalue weighted by Crippen LogP contribution is 2.19. The van der Waals surface area contributed by atoms with Gasteiger partial charge in [0, 0.05) is 5.38 Å². The Bertz CT molecular complexity index is 749. The highest BCUT2D eigenvalue weighted by Gasteiger charge is 2.08. The van der Waals surface area contributed by atoms with E-state index < -0.39 is 5.82 Å². The van der Waals surface area contributed by atoms with Gasteiger partial charge in [-0.2, -0.15) is 5.10 Å². The zero-order chi connectivity index (χ0) is 18.8. The summed E-state index contributed by atoms with van der Waals surface area (Å²) < 4.78 is 24.2. The molecule has 2 rings (SSSR count). The Morgan fingerprint density at radius 2 is 2.27 bits per heavy atom. The van der Waals surface area contributed by atoms with Gasteiger partial charge in [0.2, 0.25) is 5.13 Å². The van der Waals surface area contributed by atoms with Crippen LogP contribution in [0.15, 0.2) is 28.7 Å². The number of benzene rings is 1. The number of thiazole rings is 1. The standard InChI is InChI=1S/C18H22FN3O3S/c1-3-5-8-25-16-7-6-13(9-15(16)19)11-20-22-18-21-14(12-26-18)10-17(23)24-4-2/h6-7,9,11-12H,3-5,8,10H2,1-2H3,(H,21,22). The third-order valence-electron chi connectivity index (χ3n) is 3.27. The minimum absolute atomic E-state index is 0.125. The van der Waals surface area contributed by atoms with Crippen molar-refractivity contribution in [3.63, 3.8) is 0 Å². The summed E-state index contributed by atoms with van der Waals surface area (Å²) in [5.74, 6) is -0.493. The first-order chi connectivity index (χ1) is 12.6. The molecule has 0 aliphatic rings. The van der Waals surface area contributed by atoms with E-state index in [1.54, 1.807) is 24.4 Å². The third kappa shape index (κ3) is 6.44. The predicted octanol–water partition coefficient (Wildman–Crippen LogP) is 4.01. The maximum Gasteiger partial charge on any atom is 0.311 e. The Hall–Kier alpha value is -2.48. The van der Waals surface area contributed by atoms with Gasteiger partial charge in [-0.1, -0.05) is 13.3 Å². The number of carbonyl (C=O) groups is 1. The first-order valence-corrected chi connectivity index (χ1v) is 9.31. The van der Waals surface area contributed by atoms with Crippen molar-refractivity contribution >= 4 is 28.7 Å². The number of aromatic nitrogens is 1. The van der Waals surface area contributed by atoms with Crippen LogP contribution in [0.3, 0.4) is 0 Å². The fraction of sp³-hybridized carbons (Fsp3) is 0.389. The minimum atomic E-state index is -0.420. The number of nitrogens with one attached hydrogen (secondary N) is 1. The molecule has 140 valence electrons. The normalized spacial score (nSPS) is 10.9. The van der Waals surface area contributed by atoms with Crippen LogP contribution in [0.1, 0.15) is 37.9 Å². The molecule has 6 nitrogen and oxygen atoms in total. The summed E-state index contributed by atoms with van der Waals surface area (Å²) in [6.07, 6.45) is 3.50. The fourth-order valence-electron chi connectivity index (χ4n) is 2.00. The van der Waals surface area contributed by atoms with Gasteiger partial charge in [-0.15, -0.1) is 11.3 Å². The average Bonchev–Trinajstić information content (AvgIpc) is 3.04. The summed E-state index contributed by atoms with van der Waals surface area (Å²) in [6, 6.07) is 4.68. The molecular weight excluding hydrogens is 357 g/mol. The summed E-state index contributed by atoms with van der Waals surface area (Å²) >= 11 is 1.32.